The molecular formula is C23H30N2O4S. The molecule has 162 valence electrons. The largest absolute Gasteiger partial charge is 0.497 e. The van der Waals surface area contributed by atoms with Crippen LogP contribution in [0, 0.1) is 0 Å². The lowest BCUT2D eigenvalue weighted by Crippen LogP contribution is -2.31. The standard InChI is InChI=1S/C23H30N2O4S/c1-29-21-10-6-20(7-11-21)18-23(26)24-15-14-19-8-12-22(13-9-19)30(27,28)25-16-4-2-3-5-17-25/h6-13H,2-5,14-18H2,1H3,(H,24,26). The molecule has 0 atom stereocenters. The molecule has 1 saturated heterocycles. The molecule has 2 aromatic carbocycles. The van der Waals surface area contributed by atoms with Crippen LogP contribution in [0.2, 0.25) is 0 Å². The SMILES string of the molecule is COc1ccc(CC(=O)NCCc2ccc(S(=O)(=O)N3CCCCCC3)cc2)cc1. The number of benzene rings is 2. The van der Waals surface area contributed by atoms with Crippen LogP contribution in [0.5, 0.6) is 5.75 Å². The fourth-order valence-electron chi connectivity index (χ4n) is 3.60. The molecule has 0 aliphatic carbocycles. The average molecular weight is 431 g/mol. The third-order valence-electron chi connectivity index (χ3n) is 5.39. The molecule has 7 heteroatoms. The molecule has 1 amide bonds. The second kappa shape index (κ2) is 10.6. The Bertz CT molecular complexity index is 917. The first-order valence-electron chi connectivity index (χ1n) is 10.5. The second-order valence-electron chi connectivity index (χ2n) is 7.59. The van der Waals surface area contributed by atoms with Crippen LogP contribution in [0.25, 0.3) is 0 Å². The van der Waals surface area contributed by atoms with Gasteiger partial charge in [-0.05, 0) is 54.7 Å². The highest BCUT2D eigenvalue weighted by Crippen LogP contribution is 2.20. The minimum absolute atomic E-state index is 0.0412. The molecule has 0 unspecified atom stereocenters. The summed E-state index contributed by atoms with van der Waals surface area (Å²) in [6.07, 6.45) is 5.00. The molecule has 1 aliphatic rings. The van der Waals surface area contributed by atoms with Crippen molar-refractivity contribution in [3.63, 3.8) is 0 Å². The normalized spacial score (nSPS) is 15.4. The van der Waals surface area contributed by atoms with Crippen LogP contribution in [0.15, 0.2) is 53.4 Å². The Labute approximate surface area is 179 Å². The van der Waals surface area contributed by atoms with E-state index in [0.29, 0.717) is 37.4 Å². The van der Waals surface area contributed by atoms with E-state index in [2.05, 4.69) is 5.32 Å². The van der Waals surface area contributed by atoms with Crippen molar-refractivity contribution in [1.29, 1.82) is 0 Å². The lowest BCUT2D eigenvalue weighted by molar-refractivity contribution is -0.120. The van der Waals surface area contributed by atoms with Crippen molar-refractivity contribution in [3.05, 3.63) is 59.7 Å². The van der Waals surface area contributed by atoms with E-state index in [1.54, 1.807) is 23.5 Å². The van der Waals surface area contributed by atoms with Crippen molar-refractivity contribution in [2.24, 2.45) is 0 Å². The van der Waals surface area contributed by atoms with Crippen LogP contribution >= 0.6 is 0 Å². The third kappa shape index (κ3) is 6.06. The van der Waals surface area contributed by atoms with Crippen LogP contribution in [-0.2, 0) is 27.7 Å². The lowest BCUT2D eigenvalue weighted by atomic mass is 10.1. The first-order chi connectivity index (χ1) is 14.5. The van der Waals surface area contributed by atoms with Gasteiger partial charge >= 0.3 is 0 Å². The molecule has 2 aromatic rings. The number of rotatable bonds is 8. The summed E-state index contributed by atoms with van der Waals surface area (Å²) >= 11 is 0. The Kier molecular flexibility index (Phi) is 7.87. The van der Waals surface area contributed by atoms with Crippen LogP contribution < -0.4 is 10.1 Å². The molecule has 0 aromatic heterocycles. The summed E-state index contributed by atoms with van der Waals surface area (Å²) in [6, 6.07) is 14.4. The summed E-state index contributed by atoms with van der Waals surface area (Å²) in [5, 5.41) is 2.92. The molecule has 30 heavy (non-hydrogen) atoms. The predicted molar refractivity (Wildman–Crippen MR) is 117 cm³/mol. The van der Waals surface area contributed by atoms with Crippen molar-refractivity contribution < 1.29 is 17.9 Å². The monoisotopic (exact) mass is 430 g/mol. The summed E-state index contributed by atoms with van der Waals surface area (Å²) in [5.41, 5.74) is 1.92. The Hall–Kier alpha value is -2.38. The number of carbonyl (C=O) groups excluding carboxylic acids is 1. The number of hydrogen-bond donors (Lipinski definition) is 1. The number of nitrogens with zero attached hydrogens (tertiary/aromatic N) is 1. The topological polar surface area (TPSA) is 75.7 Å². The molecule has 1 N–H and O–H groups in total. The quantitative estimate of drug-likeness (QED) is 0.698. The molecule has 1 fully saturated rings. The van der Waals surface area contributed by atoms with Crippen molar-refractivity contribution >= 4 is 15.9 Å². The van der Waals surface area contributed by atoms with E-state index < -0.39 is 10.0 Å². The van der Waals surface area contributed by atoms with Gasteiger partial charge in [-0.25, -0.2) is 8.42 Å². The number of sulfonamides is 1. The van der Waals surface area contributed by atoms with Crippen molar-refractivity contribution in [2.45, 2.75) is 43.4 Å². The van der Waals surface area contributed by atoms with E-state index in [0.717, 1.165) is 42.6 Å². The first kappa shape index (κ1) is 22.3. The van der Waals surface area contributed by atoms with Gasteiger partial charge < -0.3 is 10.1 Å². The molecule has 6 nitrogen and oxygen atoms in total. The number of nitrogens with one attached hydrogen (secondary N) is 1. The van der Waals surface area contributed by atoms with Gasteiger partial charge in [0.1, 0.15) is 5.75 Å². The summed E-state index contributed by atoms with van der Waals surface area (Å²) in [4.78, 5) is 12.5. The van der Waals surface area contributed by atoms with Crippen LogP contribution in [0.1, 0.15) is 36.8 Å². The number of methoxy groups -OCH3 is 1. The molecular weight excluding hydrogens is 400 g/mol. The Morgan fingerprint density at radius 2 is 1.53 bits per heavy atom. The summed E-state index contributed by atoms with van der Waals surface area (Å²) in [7, 11) is -1.81. The van der Waals surface area contributed by atoms with Crippen LogP contribution in [0.4, 0.5) is 0 Å². The highest BCUT2D eigenvalue weighted by atomic mass is 32.2. The highest BCUT2D eigenvalue weighted by molar-refractivity contribution is 7.89. The van der Waals surface area contributed by atoms with Crippen LogP contribution in [0.3, 0.4) is 0 Å². The van der Waals surface area contributed by atoms with Gasteiger partial charge in [0.2, 0.25) is 15.9 Å². The van der Waals surface area contributed by atoms with Gasteiger partial charge in [-0.2, -0.15) is 4.31 Å². The van der Waals surface area contributed by atoms with E-state index in [9.17, 15) is 13.2 Å². The zero-order valence-corrected chi connectivity index (χ0v) is 18.3. The van der Waals surface area contributed by atoms with Gasteiger partial charge in [-0.1, -0.05) is 37.1 Å². The number of hydrogen-bond acceptors (Lipinski definition) is 4. The van der Waals surface area contributed by atoms with E-state index in [1.807, 2.05) is 36.4 Å². The van der Waals surface area contributed by atoms with E-state index in [1.165, 1.54) is 0 Å². The van der Waals surface area contributed by atoms with E-state index in [-0.39, 0.29) is 5.91 Å². The molecule has 0 bridgehead atoms. The Morgan fingerprint density at radius 3 is 2.13 bits per heavy atom. The van der Waals surface area contributed by atoms with E-state index in [4.69, 9.17) is 4.74 Å². The van der Waals surface area contributed by atoms with Crippen molar-refractivity contribution in [3.8, 4) is 5.75 Å². The van der Waals surface area contributed by atoms with Crippen molar-refractivity contribution in [1.82, 2.24) is 9.62 Å². The van der Waals surface area contributed by atoms with Gasteiger partial charge in [0, 0.05) is 19.6 Å². The number of ether oxygens (including phenoxy) is 1. The van der Waals surface area contributed by atoms with E-state index >= 15 is 0 Å². The van der Waals surface area contributed by atoms with Crippen LogP contribution in [-0.4, -0.2) is 45.4 Å². The van der Waals surface area contributed by atoms with Gasteiger partial charge in [0.05, 0.1) is 18.4 Å². The molecule has 3 rings (SSSR count). The van der Waals surface area contributed by atoms with Gasteiger partial charge in [0.25, 0.3) is 0 Å². The molecule has 1 aliphatic heterocycles. The maximum atomic E-state index is 12.8. The first-order valence-corrected chi connectivity index (χ1v) is 11.9. The smallest absolute Gasteiger partial charge is 0.243 e. The summed E-state index contributed by atoms with van der Waals surface area (Å²) < 4.78 is 32.4. The third-order valence-corrected chi connectivity index (χ3v) is 7.30. The van der Waals surface area contributed by atoms with Gasteiger partial charge in [0.15, 0.2) is 0 Å². The molecule has 0 spiro atoms. The average Bonchev–Trinajstić information content (AvgIpc) is 3.05. The zero-order valence-electron chi connectivity index (χ0n) is 17.5. The molecule has 0 saturated carbocycles. The second-order valence-corrected chi connectivity index (χ2v) is 9.52. The fraction of sp³-hybridized carbons (Fsp3) is 0.435. The predicted octanol–water partition coefficient (Wildman–Crippen LogP) is 3.16. The maximum absolute atomic E-state index is 12.8. The fourth-order valence-corrected chi connectivity index (χ4v) is 5.11. The maximum Gasteiger partial charge on any atom is 0.243 e. The lowest BCUT2D eigenvalue weighted by Gasteiger charge is -2.20. The summed E-state index contributed by atoms with van der Waals surface area (Å²) in [6.45, 7) is 1.71. The minimum atomic E-state index is -3.42. The Morgan fingerprint density at radius 1 is 0.933 bits per heavy atom. The van der Waals surface area contributed by atoms with Gasteiger partial charge in [-0.15, -0.1) is 0 Å². The minimum Gasteiger partial charge on any atom is -0.497 e. The highest BCUT2D eigenvalue weighted by Gasteiger charge is 2.24. The molecule has 0 radical (unpaired) electrons. The van der Waals surface area contributed by atoms with Gasteiger partial charge in [-0.3, -0.25) is 4.79 Å². The Balaban J connectivity index is 1.48. The van der Waals surface area contributed by atoms with Crippen molar-refractivity contribution in [2.75, 3.05) is 26.7 Å². The summed E-state index contributed by atoms with van der Waals surface area (Å²) in [5.74, 6) is 0.723. The molecule has 1 heterocycles. The zero-order chi connectivity index (χ0) is 21.4. The number of carbonyl (C=O) groups is 1. The number of amides is 1.